The fraction of sp³-hybridized carbons (Fsp3) is 0.294. The van der Waals surface area contributed by atoms with Gasteiger partial charge in [-0.2, -0.15) is 0 Å². The van der Waals surface area contributed by atoms with Crippen LogP contribution in [0.5, 0.6) is 11.5 Å². The van der Waals surface area contributed by atoms with Gasteiger partial charge in [0.05, 0.1) is 13.7 Å². The maximum Gasteiger partial charge on any atom is 0.165 e. The van der Waals surface area contributed by atoms with Crippen LogP contribution in [-0.4, -0.2) is 20.8 Å². The van der Waals surface area contributed by atoms with E-state index < -0.39 is 0 Å². The number of benzene rings is 2. The number of para-hydroxylation sites is 1. The van der Waals surface area contributed by atoms with E-state index in [1.54, 1.807) is 6.07 Å². The molecular formula is C17H20FNO2. The third-order valence-electron chi connectivity index (χ3n) is 3.35. The zero-order valence-corrected chi connectivity index (χ0v) is 12.3. The first-order chi connectivity index (χ1) is 10.2. The van der Waals surface area contributed by atoms with E-state index in [-0.39, 0.29) is 17.6 Å². The molecule has 0 saturated carbocycles. The number of ether oxygens (including phenoxy) is 2. The van der Waals surface area contributed by atoms with Crippen molar-refractivity contribution in [3.8, 4) is 11.5 Å². The van der Waals surface area contributed by atoms with Crippen molar-refractivity contribution in [3.63, 3.8) is 0 Å². The van der Waals surface area contributed by atoms with E-state index in [9.17, 15) is 4.39 Å². The molecule has 0 aromatic heterocycles. The molecule has 1 atom stereocenters. The quantitative estimate of drug-likeness (QED) is 0.845. The number of hydrogen-bond acceptors (Lipinski definition) is 3. The van der Waals surface area contributed by atoms with Crippen LogP contribution in [0, 0.1) is 5.82 Å². The zero-order valence-electron chi connectivity index (χ0n) is 12.3. The molecule has 0 aliphatic rings. The van der Waals surface area contributed by atoms with Gasteiger partial charge in [0, 0.05) is 12.5 Å². The standard InChI is InChI=1S/C17H20FNO2/c1-19-16(10-11-21-14-6-4-3-5-7-14)13-8-9-17(20-2)15(18)12-13/h3-9,12,16,19H,10-11H2,1-2H3. The minimum Gasteiger partial charge on any atom is -0.494 e. The van der Waals surface area contributed by atoms with Crippen molar-refractivity contribution >= 4 is 0 Å². The molecule has 0 saturated heterocycles. The van der Waals surface area contributed by atoms with Gasteiger partial charge in [0.2, 0.25) is 0 Å². The third kappa shape index (κ3) is 4.20. The van der Waals surface area contributed by atoms with E-state index >= 15 is 0 Å². The van der Waals surface area contributed by atoms with Gasteiger partial charge < -0.3 is 14.8 Å². The molecule has 21 heavy (non-hydrogen) atoms. The topological polar surface area (TPSA) is 30.5 Å². The second-order valence-corrected chi connectivity index (χ2v) is 4.69. The summed E-state index contributed by atoms with van der Waals surface area (Å²) in [5.41, 5.74) is 0.882. The van der Waals surface area contributed by atoms with Gasteiger partial charge >= 0.3 is 0 Å². The highest BCUT2D eigenvalue weighted by Crippen LogP contribution is 2.23. The summed E-state index contributed by atoms with van der Waals surface area (Å²) in [6.07, 6.45) is 0.747. The van der Waals surface area contributed by atoms with Crippen molar-refractivity contribution in [1.29, 1.82) is 0 Å². The summed E-state index contributed by atoms with van der Waals surface area (Å²) in [7, 11) is 3.32. The van der Waals surface area contributed by atoms with E-state index in [4.69, 9.17) is 9.47 Å². The first-order valence-corrected chi connectivity index (χ1v) is 6.93. The first kappa shape index (κ1) is 15.3. The SMILES string of the molecule is CNC(CCOc1ccccc1)c1ccc(OC)c(F)c1. The van der Waals surface area contributed by atoms with Gasteiger partial charge in [-0.15, -0.1) is 0 Å². The Morgan fingerprint density at radius 2 is 1.90 bits per heavy atom. The minimum absolute atomic E-state index is 0.0362. The van der Waals surface area contributed by atoms with Crippen molar-refractivity contribution in [1.82, 2.24) is 5.32 Å². The van der Waals surface area contributed by atoms with E-state index in [1.165, 1.54) is 13.2 Å². The van der Waals surface area contributed by atoms with Crippen LogP contribution in [0.1, 0.15) is 18.0 Å². The Morgan fingerprint density at radius 1 is 1.14 bits per heavy atom. The maximum absolute atomic E-state index is 13.8. The van der Waals surface area contributed by atoms with Crippen LogP contribution < -0.4 is 14.8 Å². The fourth-order valence-corrected chi connectivity index (χ4v) is 2.19. The van der Waals surface area contributed by atoms with E-state index in [1.807, 2.05) is 43.4 Å². The predicted octanol–water partition coefficient (Wildman–Crippen LogP) is 3.56. The Morgan fingerprint density at radius 3 is 2.52 bits per heavy atom. The van der Waals surface area contributed by atoms with Crippen LogP contribution in [0.3, 0.4) is 0 Å². The average molecular weight is 289 g/mol. The molecule has 3 nitrogen and oxygen atoms in total. The molecule has 2 aromatic rings. The van der Waals surface area contributed by atoms with Crippen LogP contribution in [0.4, 0.5) is 4.39 Å². The maximum atomic E-state index is 13.8. The molecule has 0 amide bonds. The average Bonchev–Trinajstić information content (AvgIpc) is 2.52. The highest BCUT2D eigenvalue weighted by atomic mass is 19.1. The smallest absolute Gasteiger partial charge is 0.165 e. The number of nitrogens with one attached hydrogen (secondary N) is 1. The molecule has 0 spiro atoms. The highest BCUT2D eigenvalue weighted by molar-refractivity contribution is 5.31. The number of halogens is 1. The summed E-state index contributed by atoms with van der Waals surface area (Å²) in [6.45, 7) is 0.559. The molecule has 0 radical (unpaired) electrons. The predicted molar refractivity (Wildman–Crippen MR) is 81.3 cm³/mol. The van der Waals surface area contributed by atoms with Crippen molar-refractivity contribution in [3.05, 3.63) is 59.9 Å². The van der Waals surface area contributed by atoms with Gasteiger partial charge in [0.25, 0.3) is 0 Å². The van der Waals surface area contributed by atoms with Gasteiger partial charge in [0.15, 0.2) is 11.6 Å². The summed E-state index contributed by atoms with van der Waals surface area (Å²) in [4.78, 5) is 0. The van der Waals surface area contributed by atoms with E-state index in [2.05, 4.69) is 5.32 Å². The highest BCUT2D eigenvalue weighted by Gasteiger charge is 2.12. The van der Waals surface area contributed by atoms with Crippen molar-refractivity contribution in [2.24, 2.45) is 0 Å². The number of methoxy groups -OCH3 is 1. The van der Waals surface area contributed by atoms with Gasteiger partial charge in [-0.3, -0.25) is 0 Å². The van der Waals surface area contributed by atoms with Crippen LogP contribution >= 0.6 is 0 Å². The fourth-order valence-electron chi connectivity index (χ4n) is 2.19. The van der Waals surface area contributed by atoms with Crippen LogP contribution in [0.2, 0.25) is 0 Å². The number of rotatable bonds is 7. The summed E-state index contributed by atoms with van der Waals surface area (Å²) in [5.74, 6) is 0.752. The number of hydrogen-bond donors (Lipinski definition) is 1. The van der Waals surface area contributed by atoms with Crippen molar-refractivity contribution < 1.29 is 13.9 Å². The van der Waals surface area contributed by atoms with E-state index in [0.717, 1.165) is 17.7 Å². The zero-order chi connectivity index (χ0) is 15.1. The third-order valence-corrected chi connectivity index (χ3v) is 3.35. The Hall–Kier alpha value is -2.07. The molecule has 0 aliphatic heterocycles. The first-order valence-electron chi connectivity index (χ1n) is 6.93. The van der Waals surface area contributed by atoms with Gasteiger partial charge in [-0.05, 0) is 36.9 Å². The van der Waals surface area contributed by atoms with Gasteiger partial charge in [-0.1, -0.05) is 24.3 Å². The molecular weight excluding hydrogens is 269 g/mol. The summed E-state index contributed by atoms with van der Waals surface area (Å²) in [5, 5.41) is 3.18. The molecule has 0 fully saturated rings. The molecule has 0 aliphatic carbocycles. The molecule has 112 valence electrons. The minimum atomic E-state index is -0.348. The van der Waals surface area contributed by atoms with E-state index in [0.29, 0.717) is 6.61 Å². The lowest BCUT2D eigenvalue weighted by Gasteiger charge is -2.17. The molecule has 1 N–H and O–H groups in total. The molecule has 1 unspecified atom stereocenters. The largest absolute Gasteiger partial charge is 0.494 e. The lowest BCUT2D eigenvalue weighted by atomic mass is 10.0. The second-order valence-electron chi connectivity index (χ2n) is 4.69. The van der Waals surface area contributed by atoms with Gasteiger partial charge in [-0.25, -0.2) is 4.39 Å². The van der Waals surface area contributed by atoms with Crippen LogP contribution in [-0.2, 0) is 0 Å². The Bertz CT molecular complexity index is 560. The van der Waals surface area contributed by atoms with Crippen molar-refractivity contribution in [2.45, 2.75) is 12.5 Å². The molecule has 4 heteroatoms. The van der Waals surface area contributed by atoms with Crippen molar-refractivity contribution in [2.75, 3.05) is 20.8 Å². The Balaban J connectivity index is 1.95. The lowest BCUT2D eigenvalue weighted by molar-refractivity contribution is 0.290. The molecule has 2 aromatic carbocycles. The van der Waals surface area contributed by atoms with Gasteiger partial charge in [0.1, 0.15) is 5.75 Å². The van der Waals surface area contributed by atoms with Crippen LogP contribution in [0.15, 0.2) is 48.5 Å². The summed E-state index contributed by atoms with van der Waals surface area (Å²) < 4.78 is 24.4. The molecule has 0 bridgehead atoms. The Labute approximate surface area is 124 Å². The monoisotopic (exact) mass is 289 g/mol. The summed E-state index contributed by atoms with van der Waals surface area (Å²) >= 11 is 0. The lowest BCUT2D eigenvalue weighted by Crippen LogP contribution is -2.19. The Kier molecular flexibility index (Phi) is 5.58. The van der Waals surface area contributed by atoms with Crippen LogP contribution in [0.25, 0.3) is 0 Å². The molecule has 2 rings (SSSR count). The second kappa shape index (κ2) is 7.64. The molecule has 0 heterocycles. The normalized spacial score (nSPS) is 12.0. The summed E-state index contributed by atoms with van der Waals surface area (Å²) in [6, 6.07) is 14.7.